The van der Waals surface area contributed by atoms with Crippen LogP contribution in [0.3, 0.4) is 0 Å². The van der Waals surface area contributed by atoms with Gasteiger partial charge in [-0.2, -0.15) is 0 Å². The highest BCUT2D eigenvalue weighted by molar-refractivity contribution is 5.68. The van der Waals surface area contributed by atoms with Gasteiger partial charge in [0.25, 0.3) is 0 Å². The summed E-state index contributed by atoms with van der Waals surface area (Å²) in [6.45, 7) is 1.94. The largest absolute Gasteiger partial charge is 0.326 e. The number of hydrogen-bond donors (Lipinski definition) is 1. The fourth-order valence-electron chi connectivity index (χ4n) is 1.82. The lowest BCUT2D eigenvalue weighted by molar-refractivity contribution is 0.579. The van der Waals surface area contributed by atoms with Gasteiger partial charge in [0.1, 0.15) is 11.6 Å². The number of nitrogens with two attached hydrogens (primary N) is 1. The Balaban J connectivity index is 2.64. The van der Waals surface area contributed by atoms with Crippen LogP contribution in [0.1, 0.15) is 11.1 Å². The fourth-order valence-corrected chi connectivity index (χ4v) is 1.82. The summed E-state index contributed by atoms with van der Waals surface area (Å²) >= 11 is 0. The van der Waals surface area contributed by atoms with Gasteiger partial charge in [-0.05, 0) is 29.7 Å². The summed E-state index contributed by atoms with van der Waals surface area (Å²) in [5.41, 5.74) is 7.99. The molecule has 0 unspecified atom stereocenters. The standard InChI is InChI=1S/C14H13F2N/c1-9-6-12(14(16)7-13(9)15)11-5-3-2-4-10(11)8-17/h2-7H,8,17H2,1H3. The molecular weight excluding hydrogens is 220 g/mol. The van der Waals surface area contributed by atoms with E-state index in [1.807, 2.05) is 18.2 Å². The molecule has 2 rings (SSSR count). The molecule has 0 aliphatic carbocycles. The molecule has 17 heavy (non-hydrogen) atoms. The van der Waals surface area contributed by atoms with Gasteiger partial charge in [0.15, 0.2) is 0 Å². The van der Waals surface area contributed by atoms with Crippen molar-refractivity contribution in [3.63, 3.8) is 0 Å². The van der Waals surface area contributed by atoms with Gasteiger partial charge < -0.3 is 5.73 Å². The molecule has 2 N–H and O–H groups in total. The maximum absolute atomic E-state index is 13.8. The molecule has 0 atom stereocenters. The SMILES string of the molecule is Cc1cc(-c2ccccc2CN)c(F)cc1F. The zero-order chi connectivity index (χ0) is 12.4. The first kappa shape index (κ1) is 11.7. The smallest absolute Gasteiger partial charge is 0.133 e. The van der Waals surface area contributed by atoms with E-state index in [9.17, 15) is 8.78 Å². The summed E-state index contributed by atoms with van der Waals surface area (Å²) in [7, 11) is 0. The first-order valence-corrected chi connectivity index (χ1v) is 5.37. The van der Waals surface area contributed by atoms with Crippen LogP contribution in [-0.4, -0.2) is 0 Å². The predicted molar refractivity (Wildman–Crippen MR) is 64.4 cm³/mol. The minimum Gasteiger partial charge on any atom is -0.326 e. The molecule has 0 saturated heterocycles. The minimum absolute atomic E-state index is 0.325. The van der Waals surface area contributed by atoms with Crippen LogP contribution < -0.4 is 5.73 Å². The van der Waals surface area contributed by atoms with Crippen molar-refractivity contribution in [2.45, 2.75) is 13.5 Å². The molecule has 0 bridgehead atoms. The van der Waals surface area contributed by atoms with E-state index >= 15 is 0 Å². The number of aryl methyl sites for hydroxylation is 1. The highest BCUT2D eigenvalue weighted by atomic mass is 19.1. The average Bonchev–Trinajstić information content (AvgIpc) is 2.34. The molecule has 0 fully saturated rings. The van der Waals surface area contributed by atoms with Gasteiger partial charge in [0, 0.05) is 18.2 Å². The van der Waals surface area contributed by atoms with Gasteiger partial charge in [0.05, 0.1) is 0 Å². The Labute approximate surface area is 98.9 Å². The van der Waals surface area contributed by atoms with Gasteiger partial charge in [-0.1, -0.05) is 24.3 Å². The molecule has 2 aromatic carbocycles. The highest BCUT2D eigenvalue weighted by Crippen LogP contribution is 2.28. The molecular formula is C14H13F2N. The quantitative estimate of drug-likeness (QED) is 0.845. The van der Waals surface area contributed by atoms with Crippen molar-refractivity contribution in [1.29, 1.82) is 0 Å². The van der Waals surface area contributed by atoms with Crippen molar-refractivity contribution in [3.8, 4) is 11.1 Å². The van der Waals surface area contributed by atoms with Gasteiger partial charge >= 0.3 is 0 Å². The van der Waals surface area contributed by atoms with Crippen molar-refractivity contribution in [1.82, 2.24) is 0 Å². The van der Waals surface area contributed by atoms with Crippen LogP contribution in [0.25, 0.3) is 11.1 Å². The topological polar surface area (TPSA) is 26.0 Å². The summed E-state index contributed by atoms with van der Waals surface area (Å²) in [5.74, 6) is -1.09. The van der Waals surface area contributed by atoms with E-state index in [1.165, 1.54) is 6.07 Å². The van der Waals surface area contributed by atoms with E-state index in [0.717, 1.165) is 17.2 Å². The Bertz CT molecular complexity index is 550. The van der Waals surface area contributed by atoms with Gasteiger partial charge in [-0.25, -0.2) is 8.78 Å². The second-order valence-corrected chi connectivity index (χ2v) is 3.94. The second-order valence-electron chi connectivity index (χ2n) is 3.94. The highest BCUT2D eigenvalue weighted by Gasteiger charge is 2.11. The van der Waals surface area contributed by atoms with Gasteiger partial charge in [-0.3, -0.25) is 0 Å². The van der Waals surface area contributed by atoms with E-state index < -0.39 is 11.6 Å². The zero-order valence-electron chi connectivity index (χ0n) is 9.50. The Morgan fingerprint density at radius 2 is 1.71 bits per heavy atom. The van der Waals surface area contributed by atoms with E-state index in [1.54, 1.807) is 13.0 Å². The Hall–Kier alpha value is -1.74. The molecule has 0 amide bonds. The maximum atomic E-state index is 13.8. The Kier molecular flexibility index (Phi) is 3.20. The molecule has 0 aromatic heterocycles. The van der Waals surface area contributed by atoms with Crippen LogP contribution in [0.15, 0.2) is 36.4 Å². The summed E-state index contributed by atoms with van der Waals surface area (Å²) in [5, 5.41) is 0. The summed E-state index contributed by atoms with van der Waals surface area (Å²) in [6, 6.07) is 9.72. The molecule has 0 aliphatic heterocycles. The third-order valence-corrected chi connectivity index (χ3v) is 2.78. The predicted octanol–water partition coefficient (Wildman–Crippen LogP) is 3.40. The van der Waals surface area contributed by atoms with Crippen LogP contribution in [0, 0.1) is 18.6 Å². The van der Waals surface area contributed by atoms with Crippen LogP contribution in [0.2, 0.25) is 0 Å². The number of rotatable bonds is 2. The van der Waals surface area contributed by atoms with E-state index in [4.69, 9.17) is 5.73 Å². The summed E-state index contributed by atoms with van der Waals surface area (Å²) < 4.78 is 26.9. The first-order chi connectivity index (χ1) is 8.13. The van der Waals surface area contributed by atoms with Crippen molar-refractivity contribution < 1.29 is 8.78 Å². The molecule has 0 saturated carbocycles. The lowest BCUT2D eigenvalue weighted by atomic mass is 9.97. The van der Waals surface area contributed by atoms with Crippen molar-refractivity contribution in [3.05, 3.63) is 59.2 Å². The maximum Gasteiger partial charge on any atom is 0.133 e. The van der Waals surface area contributed by atoms with Crippen LogP contribution in [0.5, 0.6) is 0 Å². The second kappa shape index (κ2) is 4.63. The van der Waals surface area contributed by atoms with Crippen molar-refractivity contribution in [2.75, 3.05) is 0 Å². The van der Waals surface area contributed by atoms with Gasteiger partial charge in [-0.15, -0.1) is 0 Å². The molecule has 88 valence electrons. The molecule has 0 spiro atoms. The lowest BCUT2D eigenvalue weighted by Gasteiger charge is -2.10. The zero-order valence-corrected chi connectivity index (χ0v) is 9.50. The third kappa shape index (κ3) is 2.19. The van der Waals surface area contributed by atoms with Crippen molar-refractivity contribution >= 4 is 0 Å². The molecule has 0 heterocycles. The minimum atomic E-state index is -0.561. The van der Waals surface area contributed by atoms with Crippen molar-refractivity contribution in [2.24, 2.45) is 5.73 Å². The summed E-state index contributed by atoms with van der Waals surface area (Å²) in [6.07, 6.45) is 0. The Morgan fingerprint density at radius 3 is 2.41 bits per heavy atom. The molecule has 3 heteroatoms. The van der Waals surface area contributed by atoms with Crippen LogP contribution >= 0.6 is 0 Å². The molecule has 2 aromatic rings. The third-order valence-electron chi connectivity index (χ3n) is 2.78. The van der Waals surface area contributed by atoms with Gasteiger partial charge in [0.2, 0.25) is 0 Å². The molecule has 0 radical (unpaired) electrons. The monoisotopic (exact) mass is 233 g/mol. The number of hydrogen-bond acceptors (Lipinski definition) is 1. The van der Waals surface area contributed by atoms with E-state index in [0.29, 0.717) is 17.7 Å². The van der Waals surface area contributed by atoms with E-state index in [2.05, 4.69) is 0 Å². The lowest BCUT2D eigenvalue weighted by Crippen LogP contribution is -2.00. The normalized spacial score (nSPS) is 10.6. The average molecular weight is 233 g/mol. The Morgan fingerprint density at radius 1 is 1.00 bits per heavy atom. The van der Waals surface area contributed by atoms with E-state index in [-0.39, 0.29) is 0 Å². The first-order valence-electron chi connectivity index (χ1n) is 5.37. The number of benzene rings is 2. The molecule has 1 nitrogen and oxygen atoms in total. The number of halogens is 2. The fraction of sp³-hybridized carbons (Fsp3) is 0.143. The summed E-state index contributed by atoms with van der Waals surface area (Å²) in [4.78, 5) is 0. The molecule has 0 aliphatic rings. The van der Waals surface area contributed by atoms with Crippen LogP contribution in [-0.2, 0) is 6.54 Å². The van der Waals surface area contributed by atoms with Crippen LogP contribution in [0.4, 0.5) is 8.78 Å².